The molecule has 1 aliphatic rings. The molecular formula is C13H10ClN3O. The molecule has 2 aromatic rings. The number of benzene rings is 1. The first-order valence-electron chi connectivity index (χ1n) is 5.57. The summed E-state index contributed by atoms with van der Waals surface area (Å²) in [5.74, 6) is -0.0707. The Kier molecular flexibility index (Phi) is 2.72. The van der Waals surface area contributed by atoms with E-state index in [1.54, 1.807) is 23.2 Å². The van der Waals surface area contributed by atoms with Crippen molar-refractivity contribution in [2.75, 3.05) is 0 Å². The Morgan fingerprint density at radius 2 is 2.11 bits per heavy atom. The van der Waals surface area contributed by atoms with Crippen LogP contribution in [0.25, 0.3) is 0 Å². The van der Waals surface area contributed by atoms with Crippen molar-refractivity contribution in [2.24, 2.45) is 0 Å². The number of aromatic nitrogens is 2. The van der Waals surface area contributed by atoms with Gasteiger partial charge in [-0.05, 0) is 12.1 Å². The van der Waals surface area contributed by atoms with Gasteiger partial charge in [0.15, 0.2) is 0 Å². The fourth-order valence-electron chi connectivity index (χ4n) is 2.05. The van der Waals surface area contributed by atoms with E-state index < -0.39 is 0 Å². The molecule has 0 unspecified atom stereocenters. The summed E-state index contributed by atoms with van der Waals surface area (Å²) in [4.78, 5) is 22.2. The normalized spacial score (nSPS) is 13.5. The monoisotopic (exact) mass is 259 g/mol. The second-order valence-electron chi connectivity index (χ2n) is 4.14. The van der Waals surface area contributed by atoms with Crippen LogP contribution in [-0.4, -0.2) is 20.8 Å². The van der Waals surface area contributed by atoms with E-state index in [1.807, 2.05) is 12.1 Å². The van der Waals surface area contributed by atoms with E-state index >= 15 is 0 Å². The van der Waals surface area contributed by atoms with Gasteiger partial charge in [-0.15, -0.1) is 0 Å². The van der Waals surface area contributed by atoms with Crippen molar-refractivity contribution < 1.29 is 4.79 Å². The van der Waals surface area contributed by atoms with Gasteiger partial charge in [-0.2, -0.15) is 0 Å². The summed E-state index contributed by atoms with van der Waals surface area (Å²) in [6.45, 7) is 1.06. The summed E-state index contributed by atoms with van der Waals surface area (Å²) in [5.41, 5.74) is 2.43. The fraction of sp³-hybridized carbons (Fsp3) is 0.154. The highest BCUT2D eigenvalue weighted by atomic mass is 35.5. The van der Waals surface area contributed by atoms with E-state index in [4.69, 9.17) is 11.6 Å². The fourth-order valence-corrected chi connectivity index (χ4v) is 2.27. The molecule has 0 bridgehead atoms. The summed E-state index contributed by atoms with van der Waals surface area (Å²) in [6, 6.07) is 7.07. The third-order valence-corrected chi connectivity index (χ3v) is 3.30. The Bertz CT molecular complexity index is 590. The minimum atomic E-state index is -0.0707. The molecule has 18 heavy (non-hydrogen) atoms. The summed E-state index contributed by atoms with van der Waals surface area (Å²) < 4.78 is 0. The first kappa shape index (κ1) is 11.2. The smallest absolute Gasteiger partial charge is 0.256 e. The first-order chi connectivity index (χ1) is 8.75. The van der Waals surface area contributed by atoms with E-state index in [2.05, 4.69) is 9.97 Å². The van der Waals surface area contributed by atoms with E-state index in [1.165, 1.54) is 6.33 Å². The third-order valence-electron chi connectivity index (χ3n) is 2.97. The molecule has 0 aliphatic carbocycles. The molecule has 0 saturated heterocycles. The molecule has 1 aromatic heterocycles. The molecular weight excluding hydrogens is 250 g/mol. The van der Waals surface area contributed by atoms with Gasteiger partial charge in [0.1, 0.15) is 6.33 Å². The van der Waals surface area contributed by atoms with Crippen LogP contribution in [0, 0.1) is 0 Å². The maximum atomic E-state index is 12.3. The summed E-state index contributed by atoms with van der Waals surface area (Å²) in [6.07, 6.45) is 3.25. The van der Waals surface area contributed by atoms with Gasteiger partial charge < -0.3 is 4.90 Å². The number of fused-ring (bicyclic) bond motifs is 1. The number of halogens is 1. The Labute approximate surface area is 109 Å². The Morgan fingerprint density at radius 1 is 1.28 bits per heavy atom. The SMILES string of the molecule is O=C(c1ccccc1Cl)N1Cc2cncnc2C1. The largest absolute Gasteiger partial charge is 0.328 e. The lowest BCUT2D eigenvalue weighted by molar-refractivity contribution is 0.0750. The molecule has 0 atom stereocenters. The van der Waals surface area contributed by atoms with Crippen LogP contribution >= 0.6 is 11.6 Å². The number of amides is 1. The van der Waals surface area contributed by atoms with Crippen LogP contribution in [0.15, 0.2) is 36.8 Å². The van der Waals surface area contributed by atoms with E-state index in [0.717, 1.165) is 11.3 Å². The zero-order chi connectivity index (χ0) is 12.5. The zero-order valence-corrected chi connectivity index (χ0v) is 10.3. The molecule has 4 nitrogen and oxygen atoms in total. The number of hydrogen-bond donors (Lipinski definition) is 0. The Morgan fingerprint density at radius 3 is 2.89 bits per heavy atom. The average Bonchev–Trinajstić information content (AvgIpc) is 2.82. The lowest BCUT2D eigenvalue weighted by atomic mass is 10.2. The van der Waals surface area contributed by atoms with Crippen LogP contribution in [0.2, 0.25) is 5.02 Å². The van der Waals surface area contributed by atoms with Gasteiger partial charge in [0.2, 0.25) is 0 Å². The molecule has 3 rings (SSSR count). The van der Waals surface area contributed by atoms with Crippen molar-refractivity contribution in [3.63, 3.8) is 0 Å². The number of carbonyl (C=O) groups is 1. The highest BCUT2D eigenvalue weighted by molar-refractivity contribution is 6.33. The van der Waals surface area contributed by atoms with Crippen molar-refractivity contribution in [1.82, 2.24) is 14.9 Å². The number of nitrogens with zero attached hydrogens (tertiary/aromatic N) is 3. The van der Waals surface area contributed by atoms with Crippen molar-refractivity contribution in [3.05, 3.63) is 58.6 Å². The number of rotatable bonds is 1. The van der Waals surface area contributed by atoms with Crippen LogP contribution in [0.4, 0.5) is 0 Å². The van der Waals surface area contributed by atoms with E-state index in [0.29, 0.717) is 23.7 Å². The molecule has 0 saturated carbocycles. The topological polar surface area (TPSA) is 46.1 Å². The Balaban J connectivity index is 1.87. The summed E-state index contributed by atoms with van der Waals surface area (Å²) >= 11 is 6.03. The molecule has 1 amide bonds. The van der Waals surface area contributed by atoms with Crippen LogP contribution < -0.4 is 0 Å². The molecule has 2 heterocycles. The van der Waals surface area contributed by atoms with Crippen molar-refractivity contribution >= 4 is 17.5 Å². The van der Waals surface area contributed by atoms with Gasteiger partial charge in [-0.3, -0.25) is 4.79 Å². The van der Waals surface area contributed by atoms with Crippen molar-refractivity contribution in [2.45, 2.75) is 13.1 Å². The molecule has 0 fully saturated rings. The van der Waals surface area contributed by atoms with Crippen molar-refractivity contribution in [3.8, 4) is 0 Å². The summed E-state index contributed by atoms with van der Waals surface area (Å²) in [5, 5.41) is 0.476. The molecule has 0 N–H and O–H groups in total. The van der Waals surface area contributed by atoms with Gasteiger partial charge in [-0.25, -0.2) is 9.97 Å². The van der Waals surface area contributed by atoms with Gasteiger partial charge in [-0.1, -0.05) is 23.7 Å². The van der Waals surface area contributed by atoms with Crippen LogP contribution in [0.5, 0.6) is 0 Å². The maximum absolute atomic E-state index is 12.3. The number of hydrogen-bond acceptors (Lipinski definition) is 3. The zero-order valence-electron chi connectivity index (χ0n) is 9.51. The minimum absolute atomic E-state index is 0.0707. The van der Waals surface area contributed by atoms with Gasteiger partial charge in [0, 0.05) is 18.3 Å². The predicted molar refractivity (Wildman–Crippen MR) is 67.1 cm³/mol. The number of carbonyl (C=O) groups excluding carboxylic acids is 1. The van der Waals surface area contributed by atoms with E-state index in [9.17, 15) is 4.79 Å². The minimum Gasteiger partial charge on any atom is -0.328 e. The summed E-state index contributed by atoms with van der Waals surface area (Å²) in [7, 11) is 0. The second-order valence-corrected chi connectivity index (χ2v) is 4.54. The van der Waals surface area contributed by atoms with Gasteiger partial charge in [0.25, 0.3) is 5.91 Å². The standard InChI is InChI=1S/C13H10ClN3O/c14-11-4-2-1-3-10(11)13(18)17-6-9-5-15-8-16-12(9)7-17/h1-5,8H,6-7H2. The molecule has 1 aliphatic heterocycles. The quantitative estimate of drug-likeness (QED) is 0.789. The van der Waals surface area contributed by atoms with Crippen LogP contribution in [-0.2, 0) is 13.1 Å². The van der Waals surface area contributed by atoms with Gasteiger partial charge in [0.05, 0.1) is 22.8 Å². The molecule has 0 radical (unpaired) electrons. The lowest BCUT2D eigenvalue weighted by Crippen LogP contribution is -2.25. The molecule has 0 spiro atoms. The van der Waals surface area contributed by atoms with Crippen LogP contribution in [0.3, 0.4) is 0 Å². The van der Waals surface area contributed by atoms with E-state index in [-0.39, 0.29) is 5.91 Å². The Hall–Kier alpha value is -1.94. The second kappa shape index (κ2) is 4.38. The highest BCUT2D eigenvalue weighted by Crippen LogP contribution is 2.24. The highest BCUT2D eigenvalue weighted by Gasteiger charge is 2.26. The molecule has 1 aromatic carbocycles. The average molecular weight is 260 g/mol. The maximum Gasteiger partial charge on any atom is 0.256 e. The lowest BCUT2D eigenvalue weighted by Gasteiger charge is -2.15. The first-order valence-corrected chi connectivity index (χ1v) is 5.95. The third kappa shape index (κ3) is 1.84. The van der Waals surface area contributed by atoms with Gasteiger partial charge >= 0.3 is 0 Å². The predicted octanol–water partition coefficient (Wildman–Crippen LogP) is 2.29. The van der Waals surface area contributed by atoms with Crippen molar-refractivity contribution in [1.29, 1.82) is 0 Å². The molecule has 5 heteroatoms. The molecule has 90 valence electrons. The van der Waals surface area contributed by atoms with Crippen LogP contribution in [0.1, 0.15) is 21.6 Å².